The fourth-order valence-corrected chi connectivity index (χ4v) is 6.86. The van der Waals surface area contributed by atoms with Crippen molar-refractivity contribution in [2.45, 2.75) is 69.1 Å². The highest BCUT2D eigenvalue weighted by Gasteiger charge is 2.56. The number of piperidine rings is 2. The first-order valence-electron chi connectivity index (χ1n) is 12.1. The number of alkyl halides is 1. The van der Waals surface area contributed by atoms with Gasteiger partial charge in [-0.05, 0) is 86.6 Å². The van der Waals surface area contributed by atoms with Crippen LogP contribution in [-0.4, -0.2) is 58.9 Å². The summed E-state index contributed by atoms with van der Waals surface area (Å²) in [6.07, 6.45) is 5.18. The molecule has 2 saturated heterocycles. The van der Waals surface area contributed by atoms with Crippen LogP contribution in [0.5, 0.6) is 0 Å². The fraction of sp³-hybridized carbons (Fsp3) is 0.640. The lowest BCUT2D eigenvalue weighted by molar-refractivity contribution is -0.136. The summed E-state index contributed by atoms with van der Waals surface area (Å²) >= 11 is 0. The maximum atomic E-state index is 14.2. The molecule has 170 valence electrons. The van der Waals surface area contributed by atoms with E-state index >= 15 is 0 Å². The van der Waals surface area contributed by atoms with Crippen molar-refractivity contribution in [1.29, 1.82) is 0 Å². The first kappa shape index (κ1) is 20.3. The van der Waals surface area contributed by atoms with Gasteiger partial charge in [0.1, 0.15) is 11.7 Å². The SMILES string of the molecule is O=C1CCC(N2Cc3cc(C4CCN(CC5CC6(F)CC5C6)CC4)ccc3C2=O)C(=O)N1. The maximum Gasteiger partial charge on any atom is 0.255 e. The van der Waals surface area contributed by atoms with Crippen molar-refractivity contribution in [2.75, 3.05) is 19.6 Å². The lowest BCUT2D eigenvalue weighted by Gasteiger charge is -2.35. The standard InChI is InChI=1S/C25H30FN3O3/c26-25-10-18(11-25)19(12-25)13-28-7-5-15(6-8-28)16-1-2-20-17(9-16)14-29(24(20)32)21-3-4-22(30)27-23(21)31/h1-2,9,15,18-19,21H,3-8,10-14H2,(H,27,30,31). The first-order chi connectivity index (χ1) is 15.4. The second-order valence-electron chi connectivity index (χ2n) is 10.7. The Kier molecular flexibility index (Phi) is 4.68. The molecule has 6 aliphatic rings. The average Bonchev–Trinajstić information content (AvgIpc) is 3.36. The zero-order valence-corrected chi connectivity index (χ0v) is 18.3. The third-order valence-corrected chi connectivity index (χ3v) is 8.65. The molecule has 6 nitrogen and oxygen atoms in total. The zero-order valence-electron chi connectivity index (χ0n) is 18.3. The van der Waals surface area contributed by atoms with E-state index in [2.05, 4.69) is 22.3 Å². The summed E-state index contributed by atoms with van der Waals surface area (Å²) in [6, 6.07) is 5.57. The molecule has 2 bridgehead atoms. The van der Waals surface area contributed by atoms with Gasteiger partial charge in [0.15, 0.2) is 0 Å². The van der Waals surface area contributed by atoms with Gasteiger partial charge in [0.2, 0.25) is 11.8 Å². The smallest absolute Gasteiger partial charge is 0.255 e. The van der Waals surface area contributed by atoms with Crippen molar-refractivity contribution in [2.24, 2.45) is 11.8 Å². The van der Waals surface area contributed by atoms with Crippen LogP contribution < -0.4 is 5.32 Å². The molecule has 0 radical (unpaired) electrons. The van der Waals surface area contributed by atoms with Crippen LogP contribution >= 0.6 is 0 Å². The number of hydrogen-bond donors (Lipinski definition) is 1. The molecule has 7 heteroatoms. The predicted molar refractivity (Wildman–Crippen MR) is 116 cm³/mol. The highest BCUT2D eigenvalue weighted by Crippen LogP contribution is 2.58. The number of carbonyl (C=O) groups is 3. The molecule has 5 fully saturated rings. The van der Waals surface area contributed by atoms with Gasteiger partial charge in [-0.15, -0.1) is 0 Å². The minimum absolute atomic E-state index is 0.114. The molecule has 3 saturated carbocycles. The summed E-state index contributed by atoms with van der Waals surface area (Å²) in [4.78, 5) is 40.7. The summed E-state index contributed by atoms with van der Waals surface area (Å²) in [7, 11) is 0. The van der Waals surface area contributed by atoms with Gasteiger partial charge in [0.05, 0.1) is 0 Å². The largest absolute Gasteiger partial charge is 0.322 e. The van der Waals surface area contributed by atoms with Crippen LogP contribution in [0.15, 0.2) is 18.2 Å². The van der Waals surface area contributed by atoms with Crippen molar-refractivity contribution < 1.29 is 18.8 Å². The fourth-order valence-electron chi connectivity index (χ4n) is 6.86. The average molecular weight is 440 g/mol. The summed E-state index contributed by atoms with van der Waals surface area (Å²) in [5, 5.41) is 2.36. The van der Waals surface area contributed by atoms with E-state index in [-0.39, 0.29) is 24.1 Å². The summed E-state index contributed by atoms with van der Waals surface area (Å²) in [6.45, 7) is 3.57. The lowest BCUT2D eigenvalue weighted by Crippen LogP contribution is -2.52. The Labute approximate surface area is 187 Å². The molecular formula is C25H30FN3O3. The van der Waals surface area contributed by atoms with E-state index in [4.69, 9.17) is 0 Å². The second-order valence-corrected chi connectivity index (χ2v) is 10.7. The second kappa shape index (κ2) is 7.37. The van der Waals surface area contributed by atoms with Crippen LogP contribution in [-0.2, 0) is 16.1 Å². The number of likely N-dealkylation sites (tertiary alicyclic amines) is 1. The molecular weight excluding hydrogens is 409 g/mol. The molecule has 2 unspecified atom stereocenters. The molecule has 3 heterocycles. The van der Waals surface area contributed by atoms with E-state index in [1.165, 1.54) is 5.56 Å². The molecule has 7 rings (SSSR count). The number of hydrogen-bond acceptors (Lipinski definition) is 4. The van der Waals surface area contributed by atoms with E-state index in [1.807, 2.05) is 6.07 Å². The van der Waals surface area contributed by atoms with Crippen molar-refractivity contribution >= 4 is 17.7 Å². The van der Waals surface area contributed by atoms with Gasteiger partial charge in [-0.2, -0.15) is 0 Å². The molecule has 2 atom stereocenters. The normalized spacial score (nSPS) is 35.1. The van der Waals surface area contributed by atoms with E-state index in [9.17, 15) is 18.8 Å². The quantitative estimate of drug-likeness (QED) is 0.733. The number of rotatable bonds is 4. The van der Waals surface area contributed by atoms with Gasteiger partial charge in [-0.25, -0.2) is 4.39 Å². The summed E-state index contributed by atoms with van der Waals surface area (Å²) < 4.78 is 14.2. The van der Waals surface area contributed by atoms with Gasteiger partial charge in [0, 0.05) is 25.1 Å². The molecule has 1 aromatic carbocycles. The number of fused-ring (bicyclic) bond motifs is 2. The Morgan fingerprint density at radius 2 is 1.84 bits per heavy atom. The van der Waals surface area contributed by atoms with Gasteiger partial charge in [-0.1, -0.05) is 12.1 Å². The first-order valence-corrected chi connectivity index (χ1v) is 12.1. The number of carbonyl (C=O) groups excluding carboxylic acids is 3. The third kappa shape index (κ3) is 3.36. The molecule has 1 aromatic rings. The van der Waals surface area contributed by atoms with Crippen LogP contribution in [0.3, 0.4) is 0 Å². The number of nitrogens with zero attached hydrogens (tertiary/aromatic N) is 2. The molecule has 0 spiro atoms. The monoisotopic (exact) mass is 439 g/mol. The molecule has 0 aromatic heterocycles. The summed E-state index contributed by atoms with van der Waals surface area (Å²) in [5.41, 5.74) is 2.10. The van der Waals surface area contributed by atoms with E-state index < -0.39 is 11.7 Å². The van der Waals surface area contributed by atoms with Gasteiger partial charge >= 0.3 is 0 Å². The van der Waals surface area contributed by atoms with Crippen molar-refractivity contribution in [3.05, 3.63) is 34.9 Å². The van der Waals surface area contributed by atoms with Crippen LogP contribution in [0.2, 0.25) is 0 Å². The van der Waals surface area contributed by atoms with Crippen LogP contribution in [0.25, 0.3) is 0 Å². The number of nitrogens with one attached hydrogen (secondary N) is 1. The predicted octanol–water partition coefficient (Wildman–Crippen LogP) is 2.77. The Morgan fingerprint density at radius 1 is 1.06 bits per heavy atom. The van der Waals surface area contributed by atoms with Crippen LogP contribution in [0.1, 0.15) is 72.3 Å². The van der Waals surface area contributed by atoms with Crippen molar-refractivity contribution in [1.82, 2.24) is 15.1 Å². The Morgan fingerprint density at radius 3 is 2.53 bits per heavy atom. The minimum Gasteiger partial charge on any atom is -0.322 e. The topological polar surface area (TPSA) is 69.7 Å². The van der Waals surface area contributed by atoms with Gasteiger partial charge < -0.3 is 9.80 Å². The van der Waals surface area contributed by atoms with E-state index in [0.29, 0.717) is 36.3 Å². The molecule has 3 aliphatic heterocycles. The van der Waals surface area contributed by atoms with Crippen molar-refractivity contribution in [3.8, 4) is 0 Å². The lowest BCUT2D eigenvalue weighted by atomic mass is 9.80. The Balaban J connectivity index is 1.08. The van der Waals surface area contributed by atoms with Gasteiger partial charge in [0.25, 0.3) is 5.91 Å². The molecule has 3 amide bonds. The van der Waals surface area contributed by atoms with Crippen LogP contribution in [0.4, 0.5) is 4.39 Å². The maximum absolute atomic E-state index is 14.2. The highest BCUT2D eigenvalue weighted by atomic mass is 19.1. The highest BCUT2D eigenvalue weighted by molar-refractivity contribution is 6.05. The van der Waals surface area contributed by atoms with Gasteiger partial charge in [-0.3, -0.25) is 19.7 Å². The van der Waals surface area contributed by atoms with Crippen LogP contribution in [0, 0.1) is 11.8 Å². The Bertz CT molecular complexity index is 981. The van der Waals surface area contributed by atoms with E-state index in [1.54, 1.807) is 4.90 Å². The zero-order chi connectivity index (χ0) is 22.0. The summed E-state index contributed by atoms with van der Waals surface area (Å²) in [5.74, 6) is 0.879. The number of halogens is 1. The number of imide groups is 1. The molecule has 32 heavy (non-hydrogen) atoms. The van der Waals surface area contributed by atoms with Crippen molar-refractivity contribution in [3.63, 3.8) is 0 Å². The molecule has 3 aliphatic carbocycles. The minimum atomic E-state index is -0.836. The third-order valence-electron chi connectivity index (χ3n) is 8.65. The molecule has 1 N–H and O–H groups in total. The number of benzene rings is 1. The Hall–Kier alpha value is -2.28. The van der Waals surface area contributed by atoms with E-state index in [0.717, 1.165) is 57.3 Å². The number of amides is 3.